The van der Waals surface area contributed by atoms with Crippen molar-refractivity contribution in [3.63, 3.8) is 0 Å². The van der Waals surface area contributed by atoms with Gasteiger partial charge in [0.15, 0.2) is 0 Å². The lowest BCUT2D eigenvalue weighted by Gasteiger charge is -2.36. The first-order chi connectivity index (χ1) is 10.3. The van der Waals surface area contributed by atoms with E-state index < -0.39 is 0 Å². The lowest BCUT2D eigenvalue weighted by atomic mass is 10.0. The van der Waals surface area contributed by atoms with Crippen LogP contribution in [-0.4, -0.2) is 30.4 Å². The second-order valence-electron chi connectivity index (χ2n) is 5.14. The van der Waals surface area contributed by atoms with Crippen molar-refractivity contribution in [3.05, 3.63) is 71.5 Å². The van der Waals surface area contributed by atoms with E-state index in [0.29, 0.717) is 18.7 Å². The molecule has 1 aliphatic heterocycles. The maximum atomic E-state index is 13.3. The first-order valence-electron chi connectivity index (χ1n) is 7.08. The molecule has 3 rings (SSSR count). The summed E-state index contributed by atoms with van der Waals surface area (Å²) in [4.78, 5) is 14.5. The van der Waals surface area contributed by atoms with E-state index in [2.05, 4.69) is 5.32 Å². The minimum atomic E-state index is -0.382. The van der Waals surface area contributed by atoms with Crippen LogP contribution in [0.25, 0.3) is 0 Å². The highest BCUT2D eigenvalue weighted by Gasteiger charge is 2.28. The second kappa shape index (κ2) is 6.06. The summed E-state index contributed by atoms with van der Waals surface area (Å²) >= 11 is 0. The first kappa shape index (κ1) is 13.8. The van der Waals surface area contributed by atoms with E-state index in [-0.39, 0.29) is 17.8 Å². The van der Waals surface area contributed by atoms with Crippen LogP contribution in [0.2, 0.25) is 0 Å². The van der Waals surface area contributed by atoms with Gasteiger partial charge in [-0.15, -0.1) is 0 Å². The standard InChI is InChI=1S/C17H17FN2O/c18-15-8-4-7-14(11-15)17(21)20-10-9-19-12-16(20)13-5-2-1-3-6-13/h1-8,11,16,19H,9-10,12H2/t16-/m0/s1. The highest BCUT2D eigenvalue weighted by molar-refractivity contribution is 5.94. The Morgan fingerprint density at radius 1 is 1.14 bits per heavy atom. The van der Waals surface area contributed by atoms with Crippen molar-refractivity contribution < 1.29 is 9.18 Å². The molecule has 1 fully saturated rings. The number of piperazine rings is 1. The quantitative estimate of drug-likeness (QED) is 0.919. The molecule has 0 radical (unpaired) electrons. The fourth-order valence-electron chi connectivity index (χ4n) is 2.71. The number of amides is 1. The third-order valence-electron chi connectivity index (χ3n) is 3.76. The van der Waals surface area contributed by atoms with Gasteiger partial charge >= 0.3 is 0 Å². The predicted molar refractivity (Wildman–Crippen MR) is 79.5 cm³/mol. The van der Waals surface area contributed by atoms with Crippen LogP contribution in [0.3, 0.4) is 0 Å². The number of hydrogen-bond acceptors (Lipinski definition) is 2. The molecule has 2 aromatic carbocycles. The van der Waals surface area contributed by atoms with Crippen LogP contribution in [0.15, 0.2) is 54.6 Å². The Morgan fingerprint density at radius 3 is 2.71 bits per heavy atom. The number of hydrogen-bond donors (Lipinski definition) is 1. The fraction of sp³-hybridized carbons (Fsp3) is 0.235. The number of halogens is 1. The second-order valence-corrected chi connectivity index (χ2v) is 5.14. The highest BCUT2D eigenvalue weighted by Crippen LogP contribution is 2.24. The summed E-state index contributed by atoms with van der Waals surface area (Å²) in [6.45, 7) is 2.09. The minimum Gasteiger partial charge on any atom is -0.329 e. The summed E-state index contributed by atoms with van der Waals surface area (Å²) in [5.41, 5.74) is 1.49. The normalized spacial score (nSPS) is 18.5. The molecule has 0 bridgehead atoms. The Labute approximate surface area is 123 Å². The molecule has 0 aromatic heterocycles. The molecule has 108 valence electrons. The number of nitrogens with zero attached hydrogens (tertiary/aromatic N) is 1. The summed E-state index contributed by atoms with van der Waals surface area (Å²) < 4.78 is 13.3. The van der Waals surface area contributed by atoms with E-state index in [1.807, 2.05) is 35.2 Å². The van der Waals surface area contributed by atoms with Gasteiger partial charge in [-0.3, -0.25) is 4.79 Å². The van der Waals surface area contributed by atoms with Crippen molar-refractivity contribution in [2.75, 3.05) is 19.6 Å². The number of carbonyl (C=O) groups excluding carboxylic acids is 1. The highest BCUT2D eigenvalue weighted by atomic mass is 19.1. The van der Waals surface area contributed by atoms with Gasteiger partial charge < -0.3 is 10.2 Å². The number of benzene rings is 2. The van der Waals surface area contributed by atoms with E-state index in [1.165, 1.54) is 12.1 Å². The molecular weight excluding hydrogens is 267 g/mol. The number of rotatable bonds is 2. The average molecular weight is 284 g/mol. The smallest absolute Gasteiger partial charge is 0.254 e. The molecule has 1 heterocycles. The van der Waals surface area contributed by atoms with Gasteiger partial charge in [-0.2, -0.15) is 0 Å². The Balaban J connectivity index is 1.89. The van der Waals surface area contributed by atoms with Gasteiger partial charge in [-0.25, -0.2) is 4.39 Å². The zero-order valence-corrected chi connectivity index (χ0v) is 11.6. The van der Waals surface area contributed by atoms with Gasteiger partial charge in [0.2, 0.25) is 0 Å². The lowest BCUT2D eigenvalue weighted by molar-refractivity contribution is 0.0634. The molecule has 0 spiro atoms. The van der Waals surface area contributed by atoms with Crippen LogP contribution < -0.4 is 5.32 Å². The predicted octanol–water partition coefficient (Wildman–Crippen LogP) is 2.61. The summed E-state index contributed by atoms with van der Waals surface area (Å²) in [7, 11) is 0. The van der Waals surface area contributed by atoms with Gasteiger partial charge in [0, 0.05) is 25.2 Å². The van der Waals surface area contributed by atoms with E-state index in [9.17, 15) is 9.18 Å². The largest absolute Gasteiger partial charge is 0.329 e. The third-order valence-corrected chi connectivity index (χ3v) is 3.76. The van der Waals surface area contributed by atoms with Crippen LogP contribution in [0.4, 0.5) is 4.39 Å². The lowest BCUT2D eigenvalue weighted by Crippen LogP contribution is -2.48. The van der Waals surface area contributed by atoms with Crippen molar-refractivity contribution in [2.45, 2.75) is 6.04 Å². The maximum Gasteiger partial charge on any atom is 0.254 e. The monoisotopic (exact) mass is 284 g/mol. The molecule has 1 saturated heterocycles. The topological polar surface area (TPSA) is 32.3 Å². The Bertz CT molecular complexity index is 630. The Hall–Kier alpha value is -2.20. The molecule has 1 atom stereocenters. The van der Waals surface area contributed by atoms with Gasteiger partial charge in [0.05, 0.1) is 6.04 Å². The summed E-state index contributed by atoms with van der Waals surface area (Å²) in [5.74, 6) is -0.503. The van der Waals surface area contributed by atoms with Crippen molar-refractivity contribution in [1.29, 1.82) is 0 Å². The Kier molecular flexibility index (Phi) is 3.97. The van der Waals surface area contributed by atoms with Crippen molar-refractivity contribution >= 4 is 5.91 Å². The van der Waals surface area contributed by atoms with Crippen LogP contribution in [-0.2, 0) is 0 Å². The molecule has 2 aromatic rings. The zero-order valence-electron chi connectivity index (χ0n) is 11.6. The molecular formula is C17H17FN2O. The van der Waals surface area contributed by atoms with E-state index in [4.69, 9.17) is 0 Å². The number of carbonyl (C=O) groups is 1. The van der Waals surface area contributed by atoms with Crippen LogP contribution in [0.5, 0.6) is 0 Å². The maximum absolute atomic E-state index is 13.3. The first-order valence-corrected chi connectivity index (χ1v) is 7.08. The number of nitrogens with one attached hydrogen (secondary N) is 1. The fourth-order valence-corrected chi connectivity index (χ4v) is 2.71. The molecule has 0 saturated carbocycles. The Morgan fingerprint density at radius 2 is 1.95 bits per heavy atom. The molecule has 1 aliphatic rings. The molecule has 0 aliphatic carbocycles. The SMILES string of the molecule is O=C(c1cccc(F)c1)N1CCNC[C@H]1c1ccccc1. The molecule has 1 N–H and O–H groups in total. The molecule has 1 amide bonds. The van der Waals surface area contributed by atoms with Crippen LogP contribution in [0.1, 0.15) is 22.0 Å². The molecule has 3 nitrogen and oxygen atoms in total. The average Bonchev–Trinajstić information content (AvgIpc) is 2.55. The van der Waals surface area contributed by atoms with E-state index in [1.54, 1.807) is 12.1 Å². The molecule has 4 heteroatoms. The van der Waals surface area contributed by atoms with Gasteiger partial charge in [-0.05, 0) is 23.8 Å². The van der Waals surface area contributed by atoms with Gasteiger partial charge in [-0.1, -0.05) is 36.4 Å². The summed E-state index contributed by atoms with van der Waals surface area (Å²) in [5, 5.41) is 3.31. The van der Waals surface area contributed by atoms with Crippen LogP contribution in [0, 0.1) is 5.82 Å². The van der Waals surface area contributed by atoms with Crippen molar-refractivity contribution in [1.82, 2.24) is 10.2 Å². The van der Waals surface area contributed by atoms with Crippen molar-refractivity contribution in [2.24, 2.45) is 0 Å². The molecule has 0 unspecified atom stereocenters. The van der Waals surface area contributed by atoms with Gasteiger partial charge in [0.25, 0.3) is 5.91 Å². The van der Waals surface area contributed by atoms with Crippen LogP contribution >= 0.6 is 0 Å². The molecule has 21 heavy (non-hydrogen) atoms. The van der Waals surface area contributed by atoms with E-state index in [0.717, 1.165) is 12.1 Å². The third kappa shape index (κ3) is 2.95. The zero-order chi connectivity index (χ0) is 14.7. The summed E-state index contributed by atoms with van der Waals surface area (Å²) in [6, 6.07) is 15.8. The van der Waals surface area contributed by atoms with Gasteiger partial charge in [0.1, 0.15) is 5.82 Å². The minimum absolute atomic E-state index is 0.0179. The summed E-state index contributed by atoms with van der Waals surface area (Å²) in [6.07, 6.45) is 0. The van der Waals surface area contributed by atoms with Crippen molar-refractivity contribution in [3.8, 4) is 0 Å². The van der Waals surface area contributed by atoms with E-state index >= 15 is 0 Å².